The van der Waals surface area contributed by atoms with Crippen molar-refractivity contribution in [1.29, 1.82) is 0 Å². The maximum atomic E-state index is 11.5. The molecule has 0 aliphatic heterocycles. The Labute approximate surface area is 114 Å². The van der Waals surface area contributed by atoms with Crippen molar-refractivity contribution in [3.05, 3.63) is 21.9 Å². The fourth-order valence-corrected chi connectivity index (χ4v) is 1.46. The molecule has 1 aromatic heterocycles. The Bertz CT molecular complexity index is 526. The zero-order valence-electron chi connectivity index (χ0n) is 10.6. The largest absolute Gasteiger partial charge is 0.501 e. The van der Waals surface area contributed by atoms with Gasteiger partial charge in [-0.05, 0) is 20.3 Å². The highest BCUT2D eigenvalue weighted by molar-refractivity contribution is 6.17. The summed E-state index contributed by atoms with van der Waals surface area (Å²) in [4.78, 5) is 28.4. The molecule has 0 saturated heterocycles. The molecular weight excluding hydrogens is 276 g/mol. The number of hydrogen-bond donors (Lipinski definition) is 3. The summed E-state index contributed by atoms with van der Waals surface area (Å²) in [7, 11) is 0. The second-order valence-electron chi connectivity index (χ2n) is 4.32. The molecule has 0 bridgehead atoms. The molecule has 1 aromatic rings. The van der Waals surface area contributed by atoms with E-state index in [1.165, 1.54) is 0 Å². The first kappa shape index (κ1) is 15.5. The van der Waals surface area contributed by atoms with E-state index in [0.717, 1.165) is 0 Å². The Hall–Kier alpha value is -1.60. The van der Waals surface area contributed by atoms with Crippen molar-refractivity contribution >= 4 is 17.6 Å². The Kier molecular flexibility index (Phi) is 4.90. The summed E-state index contributed by atoms with van der Waals surface area (Å²) in [5, 5.41) is 18.2. The summed E-state index contributed by atoms with van der Waals surface area (Å²) >= 11 is 5.52. The minimum absolute atomic E-state index is 0.0299. The van der Waals surface area contributed by atoms with Crippen LogP contribution < -0.4 is 5.56 Å². The number of rotatable bonds is 6. The summed E-state index contributed by atoms with van der Waals surface area (Å²) in [5.74, 6) is -1.95. The van der Waals surface area contributed by atoms with Crippen LogP contribution in [0.3, 0.4) is 0 Å². The Balaban J connectivity index is 3.13. The fraction of sp³-hybridized carbons (Fsp3) is 0.545. The lowest BCUT2D eigenvalue weighted by Crippen LogP contribution is -2.30. The summed E-state index contributed by atoms with van der Waals surface area (Å²) in [6, 6.07) is 0. The van der Waals surface area contributed by atoms with E-state index in [9.17, 15) is 14.7 Å². The van der Waals surface area contributed by atoms with E-state index in [1.807, 2.05) is 0 Å². The molecule has 0 atom stereocenters. The molecular formula is C11H15ClN2O5. The number of nitrogens with one attached hydrogen (secondary N) is 1. The molecule has 0 radical (unpaired) electrons. The van der Waals surface area contributed by atoms with Crippen molar-refractivity contribution < 1.29 is 19.7 Å². The van der Waals surface area contributed by atoms with Gasteiger partial charge in [-0.3, -0.25) is 4.79 Å². The van der Waals surface area contributed by atoms with Crippen molar-refractivity contribution in [3.63, 3.8) is 0 Å². The minimum Gasteiger partial charge on any atom is -0.501 e. The highest BCUT2D eigenvalue weighted by Gasteiger charge is 2.27. The van der Waals surface area contributed by atoms with E-state index < -0.39 is 28.6 Å². The van der Waals surface area contributed by atoms with E-state index >= 15 is 0 Å². The van der Waals surface area contributed by atoms with Crippen LogP contribution in [0.15, 0.2) is 4.79 Å². The number of H-pyrrole nitrogens is 1. The van der Waals surface area contributed by atoms with Crippen LogP contribution in [0.5, 0.6) is 5.75 Å². The molecule has 1 rings (SSSR count). The topological polar surface area (TPSA) is 113 Å². The zero-order chi connectivity index (χ0) is 14.6. The minimum atomic E-state index is -1.48. The maximum absolute atomic E-state index is 11.5. The quantitative estimate of drug-likeness (QED) is 0.533. The molecule has 0 saturated carbocycles. The second kappa shape index (κ2) is 6.03. The number of carbonyl (C=O) groups is 1. The van der Waals surface area contributed by atoms with Gasteiger partial charge >= 0.3 is 5.97 Å². The monoisotopic (exact) mass is 290 g/mol. The molecule has 3 N–H and O–H groups in total. The highest BCUT2D eigenvalue weighted by Crippen LogP contribution is 2.22. The van der Waals surface area contributed by atoms with Crippen molar-refractivity contribution in [2.75, 3.05) is 12.5 Å². The lowest BCUT2D eigenvalue weighted by molar-refractivity contribution is -0.0279. The molecule has 0 unspecified atom stereocenters. The third-order valence-electron chi connectivity index (χ3n) is 2.41. The van der Waals surface area contributed by atoms with Crippen molar-refractivity contribution in [1.82, 2.24) is 9.97 Å². The van der Waals surface area contributed by atoms with Gasteiger partial charge < -0.3 is 19.9 Å². The van der Waals surface area contributed by atoms with Crippen LogP contribution >= 0.6 is 11.6 Å². The molecule has 0 fully saturated rings. The van der Waals surface area contributed by atoms with Crippen molar-refractivity contribution in [2.45, 2.75) is 25.9 Å². The van der Waals surface area contributed by atoms with Crippen molar-refractivity contribution in [2.24, 2.45) is 0 Å². The first-order chi connectivity index (χ1) is 8.79. The van der Waals surface area contributed by atoms with Gasteiger partial charge in [0.1, 0.15) is 11.4 Å². The molecule has 0 aromatic carbocycles. The summed E-state index contributed by atoms with van der Waals surface area (Å²) in [6.45, 7) is 3.59. The summed E-state index contributed by atoms with van der Waals surface area (Å²) in [6.07, 6.45) is 0.610. The number of nitrogens with zero attached hydrogens (tertiary/aromatic N) is 1. The van der Waals surface area contributed by atoms with E-state index in [2.05, 4.69) is 9.97 Å². The number of halogens is 1. The van der Waals surface area contributed by atoms with Crippen LogP contribution in [0.4, 0.5) is 0 Å². The first-order valence-corrected chi connectivity index (χ1v) is 6.10. The highest BCUT2D eigenvalue weighted by atomic mass is 35.5. The van der Waals surface area contributed by atoms with Gasteiger partial charge in [0.2, 0.25) is 5.75 Å². The van der Waals surface area contributed by atoms with E-state index in [1.54, 1.807) is 13.8 Å². The predicted molar refractivity (Wildman–Crippen MR) is 67.8 cm³/mol. The van der Waals surface area contributed by atoms with E-state index in [4.69, 9.17) is 21.4 Å². The number of ether oxygens (including phenoxy) is 1. The SMILES string of the molecule is CC(C)(OCCCCl)c1nc(C(=O)O)c(O)c(=O)[nH]1. The number of aromatic hydroxyl groups is 1. The predicted octanol–water partition coefficient (Wildman–Crippen LogP) is 1.05. The lowest BCUT2D eigenvalue weighted by Gasteiger charge is -2.24. The fourth-order valence-electron chi connectivity index (χ4n) is 1.35. The summed E-state index contributed by atoms with van der Waals surface area (Å²) < 4.78 is 5.49. The number of hydrogen-bond acceptors (Lipinski definition) is 5. The molecule has 0 aliphatic rings. The smallest absolute Gasteiger partial charge is 0.358 e. The first-order valence-electron chi connectivity index (χ1n) is 5.56. The number of carboxylic acid groups (broad SMARTS) is 1. The molecule has 1 heterocycles. The third-order valence-corrected chi connectivity index (χ3v) is 2.68. The Morgan fingerprint density at radius 3 is 2.68 bits per heavy atom. The van der Waals surface area contributed by atoms with Crippen molar-refractivity contribution in [3.8, 4) is 5.75 Å². The number of aromatic nitrogens is 2. The van der Waals surface area contributed by atoms with Crippen LogP contribution in [-0.2, 0) is 10.3 Å². The van der Waals surface area contributed by atoms with Crippen LogP contribution in [0.1, 0.15) is 36.6 Å². The van der Waals surface area contributed by atoms with Crippen LogP contribution in [-0.4, -0.2) is 38.6 Å². The molecule has 7 nitrogen and oxygen atoms in total. The normalized spacial score (nSPS) is 11.5. The average Bonchev–Trinajstić information content (AvgIpc) is 2.32. The number of alkyl halides is 1. The molecule has 0 amide bonds. The summed E-state index contributed by atoms with van der Waals surface area (Å²) in [5.41, 5.74) is -2.62. The van der Waals surface area contributed by atoms with Crippen LogP contribution in [0.25, 0.3) is 0 Å². The van der Waals surface area contributed by atoms with Gasteiger partial charge in [0.25, 0.3) is 5.56 Å². The number of carboxylic acids is 1. The lowest BCUT2D eigenvalue weighted by atomic mass is 10.1. The van der Waals surface area contributed by atoms with Gasteiger partial charge in [0.05, 0.1) is 0 Å². The van der Waals surface area contributed by atoms with Gasteiger partial charge in [-0.15, -0.1) is 11.6 Å². The van der Waals surface area contributed by atoms with Crippen LogP contribution in [0, 0.1) is 0 Å². The van der Waals surface area contributed by atoms with E-state index in [-0.39, 0.29) is 5.82 Å². The zero-order valence-corrected chi connectivity index (χ0v) is 11.3. The average molecular weight is 291 g/mol. The molecule has 106 valence electrons. The standard InChI is InChI=1S/C11H15ClN2O5/c1-11(2,19-5-3-4-12)10-13-6(9(17)18)7(15)8(16)14-10/h15H,3-5H2,1-2H3,(H,17,18)(H,13,14,16). The molecule has 0 spiro atoms. The van der Waals surface area contributed by atoms with Gasteiger partial charge in [-0.25, -0.2) is 9.78 Å². The molecule has 19 heavy (non-hydrogen) atoms. The molecule has 8 heteroatoms. The Morgan fingerprint density at radius 2 is 2.16 bits per heavy atom. The van der Waals surface area contributed by atoms with Gasteiger partial charge in [-0.2, -0.15) is 0 Å². The number of aromatic carboxylic acids is 1. The Morgan fingerprint density at radius 1 is 1.53 bits per heavy atom. The van der Waals surface area contributed by atoms with Gasteiger partial charge in [-0.1, -0.05) is 0 Å². The van der Waals surface area contributed by atoms with Gasteiger partial charge in [0.15, 0.2) is 5.69 Å². The third kappa shape index (κ3) is 3.68. The number of aromatic amines is 1. The van der Waals surface area contributed by atoms with Gasteiger partial charge in [0, 0.05) is 12.5 Å². The van der Waals surface area contributed by atoms with E-state index in [0.29, 0.717) is 18.9 Å². The second-order valence-corrected chi connectivity index (χ2v) is 4.70. The maximum Gasteiger partial charge on any atom is 0.358 e. The molecule has 0 aliphatic carbocycles. The van der Waals surface area contributed by atoms with Crippen LogP contribution in [0.2, 0.25) is 0 Å².